The fourth-order valence-electron chi connectivity index (χ4n) is 3.98. The van der Waals surface area contributed by atoms with Crippen LogP contribution < -0.4 is 14.8 Å². The fourth-order valence-corrected chi connectivity index (χ4v) is 3.98. The number of benzene rings is 2. The lowest BCUT2D eigenvalue weighted by Gasteiger charge is -2.25. The van der Waals surface area contributed by atoms with Crippen LogP contribution in [0.4, 0.5) is 5.82 Å². The Morgan fingerprint density at radius 2 is 1.76 bits per heavy atom. The van der Waals surface area contributed by atoms with Gasteiger partial charge in [-0.25, -0.2) is 4.68 Å². The van der Waals surface area contributed by atoms with Crippen LogP contribution in [0.15, 0.2) is 48.5 Å². The molecular weight excluding hydrogens is 468 g/mol. The van der Waals surface area contributed by atoms with Crippen LogP contribution in [-0.2, 0) is 10.2 Å². The lowest BCUT2D eigenvalue weighted by atomic mass is 9.92. The third-order valence-corrected chi connectivity index (χ3v) is 5.94. The van der Waals surface area contributed by atoms with E-state index in [0.29, 0.717) is 29.4 Å². The molecule has 0 aliphatic rings. The average molecular weight is 507 g/mol. The lowest BCUT2D eigenvalue weighted by molar-refractivity contribution is -0.117. The van der Waals surface area contributed by atoms with Crippen molar-refractivity contribution in [2.24, 2.45) is 5.92 Å². The Morgan fingerprint density at radius 1 is 1.05 bits per heavy atom. The quantitative estimate of drug-likeness (QED) is 0.429. The smallest absolute Gasteiger partial charge is 0.258 e. The van der Waals surface area contributed by atoms with Gasteiger partial charge >= 0.3 is 0 Å². The highest BCUT2D eigenvalue weighted by Gasteiger charge is 2.26. The summed E-state index contributed by atoms with van der Waals surface area (Å²) >= 11 is 0. The van der Waals surface area contributed by atoms with Gasteiger partial charge in [-0.3, -0.25) is 9.59 Å². The Balaban J connectivity index is 1.91. The summed E-state index contributed by atoms with van der Waals surface area (Å²) in [6.07, 6.45) is 0. The zero-order valence-corrected chi connectivity index (χ0v) is 23.1. The van der Waals surface area contributed by atoms with Crippen LogP contribution in [0.3, 0.4) is 0 Å². The van der Waals surface area contributed by atoms with Crippen LogP contribution in [0, 0.1) is 12.8 Å². The Hall–Kier alpha value is -3.81. The number of para-hydroxylation sites is 1. The molecule has 2 aromatic carbocycles. The molecule has 3 rings (SSSR count). The first-order valence-corrected chi connectivity index (χ1v) is 12.4. The average Bonchev–Trinajstić information content (AvgIpc) is 3.26. The number of amides is 2. The SMILES string of the molecule is COc1ccc(C(=O)N(CC(=O)Nc2cc(C(C)(C)C)nn2-c2ccccc2C)CC(C)C)c(OC)c1. The molecule has 1 aromatic heterocycles. The highest BCUT2D eigenvalue weighted by atomic mass is 16.5. The van der Waals surface area contributed by atoms with Crippen LogP contribution in [-0.4, -0.2) is 53.8 Å². The van der Waals surface area contributed by atoms with Gasteiger partial charge in [0.2, 0.25) is 5.91 Å². The van der Waals surface area contributed by atoms with E-state index < -0.39 is 0 Å². The monoisotopic (exact) mass is 506 g/mol. The van der Waals surface area contributed by atoms with Crippen LogP contribution in [0.5, 0.6) is 11.5 Å². The molecule has 0 spiro atoms. The van der Waals surface area contributed by atoms with Gasteiger partial charge in [0, 0.05) is 24.1 Å². The zero-order valence-electron chi connectivity index (χ0n) is 23.1. The third kappa shape index (κ3) is 6.70. The van der Waals surface area contributed by atoms with Crippen molar-refractivity contribution >= 4 is 17.6 Å². The Morgan fingerprint density at radius 3 is 2.35 bits per heavy atom. The lowest BCUT2D eigenvalue weighted by Crippen LogP contribution is -2.40. The number of hydrogen-bond donors (Lipinski definition) is 1. The van der Waals surface area contributed by atoms with E-state index in [9.17, 15) is 9.59 Å². The molecule has 1 N–H and O–H groups in total. The standard InChI is InChI=1S/C29H38N4O4/c1-19(2)17-32(28(35)22-14-13-21(36-7)15-24(22)37-8)18-27(34)30-26-16-25(29(4,5)6)31-33(26)23-12-10-9-11-20(23)3/h9-16,19H,17-18H2,1-8H3,(H,30,34). The number of carbonyl (C=O) groups excluding carboxylic acids is 2. The second-order valence-corrected chi connectivity index (χ2v) is 10.6. The summed E-state index contributed by atoms with van der Waals surface area (Å²) in [5.74, 6) is 1.10. The van der Waals surface area contributed by atoms with Gasteiger partial charge in [-0.15, -0.1) is 0 Å². The number of aryl methyl sites for hydroxylation is 1. The maximum absolute atomic E-state index is 13.5. The van der Waals surface area contributed by atoms with E-state index in [1.165, 1.54) is 7.11 Å². The van der Waals surface area contributed by atoms with E-state index in [1.54, 1.807) is 34.9 Å². The first kappa shape index (κ1) is 27.8. The third-order valence-electron chi connectivity index (χ3n) is 5.94. The predicted molar refractivity (Wildman–Crippen MR) is 146 cm³/mol. The van der Waals surface area contributed by atoms with Gasteiger partial charge < -0.3 is 19.7 Å². The number of anilines is 1. The number of carbonyl (C=O) groups is 2. The van der Waals surface area contributed by atoms with Crippen molar-refractivity contribution in [2.75, 3.05) is 32.6 Å². The minimum Gasteiger partial charge on any atom is -0.497 e. The van der Waals surface area contributed by atoms with Crippen LogP contribution in [0.1, 0.15) is 56.2 Å². The molecule has 0 unspecified atom stereocenters. The van der Waals surface area contributed by atoms with E-state index in [-0.39, 0.29) is 29.7 Å². The van der Waals surface area contributed by atoms with Crippen molar-refractivity contribution in [3.8, 4) is 17.2 Å². The van der Waals surface area contributed by atoms with Gasteiger partial charge in [0.1, 0.15) is 23.9 Å². The second-order valence-electron chi connectivity index (χ2n) is 10.6. The molecule has 0 atom stereocenters. The van der Waals surface area contributed by atoms with E-state index in [4.69, 9.17) is 14.6 Å². The van der Waals surface area contributed by atoms with Gasteiger partial charge in [-0.1, -0.05) is 52.8 Å². The van der Waals surface area contributed by atoms with Crippen molar-refractivity contribution in [2.45, 2.75) is 47.0 Å². The van der Waals surface area contributed by atoms with E-state index in [0.717, 1.165) is 16.9 Å². The zero-order chi connectivity index (χ0) is 27.3. The number of methoxy groups -OCH3 is 2. The number of nitrogens with zero attached hydrogens (tertiary/aromatic N) is 3. The molecule has 0 bridgehead atoms. The Labute approximate surface area is 219 Å². The number of hydrogen-bond acceptors (Lipinski definition) is 5. The van der Waals surface area contributed by atoms with Crippen LogP contribution in [0.25, 0.3) is 5.69 Å². The van der Waals surface area contributed by atoms with Crippen molar-refractivity contribution in [1.82, 2.24) is 14.7 Å². The summed E-state index contributed by atoms with van der Waals surface area (Å²) in [5.41, 5.74) is 2.93. The molecule has 0 fully saturated rings. The summed E-state index contributed by atoms with van der Waals surface area (Å²) in [7, 11) is 3.06. The van der Waals surface area contributed by atoms with Gasteiger partial charge in [-0.05, 0) is 36.6 Å². The Kier molecular flexibility index (Phi) is 8.63. The first-order chi connectivity index (χ1) is 17.4. The molecule has 0 saturated carbocycles. The number of rotatable bonds is 9. The summed E-state index contributed by atoms with van der Waals surface area (Å²) in [6, 6.07) is 14.8. The molecule has 37 heavy (non-hydrogen) atoms. The number of aromatic nitrogens is 2. The van der Waals surface area contributed by atoms with E-state index >= 15 is 0 Å². The summed E-state index contributed by atoms with van der Waals surface area (Å²) in [4.78, 5) is 28.4. The molecule has 1 heterocycles. The minimum absolute atomic E-state index is 0.115. The summed E-state index contributed by atoms with van der Waals surface area (Å²) in [6.45, 7) is 12.5. The summed E-state index contributed by atoms with van der Waals surface area (Å²) < 4.78 is 12.4. The van der Waals surface area contributed by atoms with Crippen molar-refractivity contribution in [3.05, 3.63) is 65.4 Å². The van der Waals surface area contributed by atoms with E-state index in [1.807, 2.05) is 51.1 Å². The fraction of sp³-hybridized carbons (Fsp3) is 0.414. The molecular formula is C29H38N4O4. The number of nitrogens with one attached hydrogen (secondary N) is 1. The van der Waals surface area contributed by atoms with Gasteiger partial charge in [0.15, 0.2) is 0 Å². The largest absolute Gasteiger partial charge is 0.497 e. The summed E-state index contributed by atoms with van der Waals surface area (Å²) in [5, 5.41) is 7.81. The van der Waals surface area contributed by atoms with Crippen LogP contribution >= 0.6 is 0 Å². The first-order valence-electron chi connectivity index (χ1n) is 12.4. The second kappa shape index (κ2) is 11.5. The molecule has 0 aliphatic heterocycles. The molecule has 0 saturated heterocycles. The van der Waals surface area contributed by atoms with E-state index in [2.05, 4.69) is 26.1 Å². The molecule has 3 aromatic rings. The predicted octanol–water partition coefficient (Wildman–Crippen LogP) is 5.23. The van der Waals surface area contributed by atoms with Crippen molar-refractivity contribution < 1.29 is 19.1 Å². The minimum atomic E-state index is -0.309. The molecule has 198 valence electrons. The molecule has 0 aliphatic carbocycles. The molecule has 2 amide bonds. The van der Waals surface area contributed by atoms with Gasteiger partial charge in [0.05, 0.1) is 31.2 Å². The van der Waals surface area contributed by atoms with Crippen molar-refractivity contribution in [3.63, 3.8) is 0 Å². The maximum Gasteiger partial charge on any atom is 0.258 e. The molecule has 8 heteroatoms. The Bertz CT molecular complexity index is 1260. The number of ether oxygens (including phenoxy) is 2. The topological polar surface area (TPSA) is 85.7 Å². The van der Waals surface area contributed by atoms with Gasteiger partial charge in [-0.2, -0.15) is 5.10 Å². The highest BCUT2D eigenvalue weighted by Crippen LogP contribution is 2.28. The normalized spacial score (nSPS) is 11.4. The highest BCUT2D eigenvalue weighted by molar-refractivity contribution is 6.01. The van der Waals surface area contributed by atoms with Crippen molar-refractivity contribution in [1.29, 1.82) is 0 Å². The maximum atomic E-state index is 13.5. The molecule has 0 radical (unpaired) electrons. The van der Waals surface area contributed by atoms with Gasteiger partial charge in [0.25, 0.3) is 5.91 Å². The molecule has 8 nitrogen and oxygen atoms in total. The van der Waals surface area contributed by atoms with Crippen LogP contribution in [0.2, 0.25) is 0 Å².